The molecule has 1 fully saturated rings. The zero-order chi connectivity index (χ0) is 19.1. The molecule has 0 unspecified atom stereocenters. The van der Waals surface area contributed by atoms with Gasteiger partial charge in [0.2, 0.25) is 0 Å². The smallest absolute Gasteiger partial charge is 0.270 e. The Kier molecular flexibility index (Phi) is 4.74. The first-order valence-corrected chi connectivity index (χ1v) is 7.48. The minimum Gasteiger partial charge on any atom is -0.394 e. The molecular weight excluding hydrogens is 352 g/mol. The van der Waals surface area contributed by atoms with Gasteiger partial charge in [0.25, 0.3) is 5.91 Å². The fourth-order valence-corrected chi connectivity index (χ4v) is 2.82. The number of aliphatic hydroxyl groups is 3. The van der Waals surface area contributed by atoms with Gasteiger partial charge in [0.15, 0.2) is 23.4 Å². The molecule has 142 valence electrons. The van der Waals surface area contributed by atoms with Crippen LogP contribution in [0.15, 0.2) is 6.33 Å². The number of anilines is 1. The summed E-state index contributed by atoms with van der Waals surface area (Å²) in [5, 5.41) is 34.3. The number of hydrogen-bond acceptors (Lipinski definition) is 11. The van der Waals surface area contributed by atoms with Crippen molar-refractivity contribution in [2.75, 3.05) is 19.2 Å². The predicted molar refractivity (Wildman–Crippen MR) is 83.2 cm³/mol. The maximum Gasteiger partial charge on any atom is 0.270 e. The Bertz CT molecular complexity index is 825. The molecule has 2 aromatic rings. The molecule has 1 saturated heterocycles. The largest absolute Gasteiger partial charge is 0.394 e. The molecular formula is C13H18N6O7. The fraction of sp³-hybridized carbons (Fsp3) is 0.538. The zero-order valence-corrected chi connectivity index (χ0v) is 13.9. The molecule has 0 bridgehead atoms. The Balaban J connectivity index is 2.17. The van der Waals surface area contributed by atoms with Crippen molar-refractivity contribution in [2.45, 2.75) is 31.0 Å². The lowest BCUT2D eigenvalue weighted by Gasteiger charge is -2.26. The Labute approximate surface area is 146 Å². The van der Waals surface area contributed by atoms with E-state index in [2.05, 4.69) is 30.4 Å². The van der Waals surface area contributed by atoms with E-state index < -0.39 is 36.6 Å². The van der Waals surface area contributed by atoms with E-state index in [1.807, 2.05) is 0 Å². The number of carbonyl (C=O) groups excluding carboxylic acids is 1. The van der Waals surface area contributed by atoms with Crippen molar-refractivity contribution < 1.29 is 34.7 Å². The summed E-state index contributed by atoms with van der Waals surface area (Å²) in [6, 6.07) is 0. The monoisotopic (exact) mass is 370 g/mol. The average Bonchev–Trinajstić information content (AvgIpc) is 3.09. The molecule has 1 aliphatic heterocycles. The zero-order valence-electron chi connectivity index (χ0n) is 13.9. The van der Waals surface area contributed by atoms with Gasteiger partial charge in [-0.25, -0.2) is 25.0 Å². The average molecular weight is 370 g/mol. The molecule has 0 radical (unpaired) electrons. The number of aliphatic hydroxyl groups excluding tert-OH is 2. The first-order valence-electron chi connectivity index (χ1n) is 7.48. The Morgan fingerprint density at radius 2 is 2.27 bits per heavy atom. The van der Waals surface area contributed by atoms with Crippen LogP contribution in [0, 0.1) is 0 Å². The second-order valence-electron chi connectivity index (χ2n) is 5.81. The van der Waals surface area contributed by atoms with Crippen LogP contribution in [0.2, 0.25) is 0 Å². The molecule has 0 aliphatic carbocycles. The number of ether oxygens (including phenoxy) is 1. The van der Waals surface area contributed by atoms with Crippen molar-refractivity contribution in [2.24, 2.45) is 5.73 Å². The number of nitrogens with zero attached hydrogens (tertiary/aromatic N) is 4. The molecule has 1 aliphatic rings. The van der Waals surface area contributed by atoms with Crippen LogP contribution in [0.3, 0.4) is 0 Å². The van der Waals surface area contributed by atoms with Gasteiger partial charge in [-0.05, 0) is 6.92 Å². The third kappa shape index (κ3) is 2.76. The highest BCUT2D eigenvalue weighted by atomic mass is 17.3. The van der Waals surface area contributed by atoms with E-state index in [4.69, 9.17) is 10.5 Å². The van der Waals surface area contributed by atoms with Gasteiger partial charge in [-0.15, -0.1) is 4.99 Å². The van der Waals surface area contributed by atoms with Gasteiger partial charge in [0, 0.05) is 0 Å². The molecule has 13 nitrogen and oxygen atoms in total. The van der Waals surface area contributed by atoms with Crippen LogP contribution in [-0.2, 0) is 14.6 Å². The van der Waals surface area contributed by atoms with Crippen molar-refractivity contribution in [1.82, 2.24) is 19.7 Å². The van der Waals surface area contributed by atoms with E-state index in [9.17, 15) is 20.1 Å². The lowest BCUT2D eigenvalue weighted by Crippen LogP contribution is -2.44. The quantitative estimate of drug-likeness (QED) is 0.275. The summed E-state index contributed by atoms with van der Waals surface area (Å²) in [7, 11) is 1.25. The normalized spacial score (nSPS) is 28.6. The van der Waals surface area contributed by atoms with Crippen LogP contribution in [0.1, 0.15) is 23.6 Å². The third-order valence-corrected chi connectivity index (χ3v) is 4.10. The molecule has 3 rings (SSSR count). The van der Waals surface area contributed by atoms with Gasteiger partial charge in [-0.2, -0.15) is 5.10 Å². The van der Waals surface area contributed by atoms with Crippen LogP contribution in [0.5, 0.6) is 0 Å². The summed E-state index contributed by atoms with van der Waals surface area (Å²) in [5.41, 5.74) is 5.76. The van der Waals surface area contributed by atoms with Gasteiger partial charge in [-0.3, -0.25) is 4.79 Å². The summed E-state index contributed by atoms with van der Waals surface area (Å²) in [5.74, 6) is -0.852. The van der Waals surface area contributed by atoms with Crippen LogP contribution in [0.25, 0.3) is 11.0 Å². The highest BCUT2D eigenvalue weighted by molar-refractivity contribution is 6.07. The number of fused-ring (bicyclic) bond motifs is 1. The lowest BCUT2D eigenvalue weighted by molar-refractivity contribution is -0.248. The van der Waals surface area contributed by atoms with Crippen molar-refractivity contribution in [3.05, 3.63) is 12.0 Å². The minimum absolute atomic E-state index is 0.0359. The SMILES string of the molecule is COONc1ncnc2c1c(C(N)=O)nn2[C@@H]1O[C@H](CO)[C@@H](O)[C@@]1(C)O. The third-order valence-electron chi connectivity index (χ3n) is 4.10. The lowest BCUT2D eigenvalue weighted by atomic mass is 9.97. The Morgan fingerprint density at radius 3 is 2.85 bits per heavy atom. The first kappa shape index (κ1) is 18.4. The predicted octanol–water partition coefficient (Wildman–Crippen LogP) is -2.17. The summed E-state index contributed by atoms with van der Waals surface area (Å²) in [4.78, 5) is 28.8. The molecule has 13 heteroatoms. The molecule has 3 heterocycles. The van der Waals surface area contributed by atoms with Gasteiger partial charge in [0.05, 0.1) is 19.1 Å². The summed E-state index contributed by atoms with van der Waals surface area (Å²) in [6.07, 6.45) is -2.56. The number of aromatic nitrogens is 4. The first-order chi connectivity index (χ1) is 12.3. The molecule has 0 spiro atoms. The van der Waals surface area contributed by atoms with Crippen molar-refractivity contribution in [1.29, 1.82) is 0 Å². The second kappa shape index (κ2) is 6.71. The highest BCUT2D eigenvalue weighted by Gasteiger charge is 2.54. The maximum absolute atomic E-state index is 11.8. The number of carbonyl (C=O) groups is 1. The van der Waals surface area contributed by atoms with Gasteiger partial charge >= 0.3 is 0 Å². The van der Waals surface area contributed by atoms with E-state index in [-0.39, 0.29) is 22.5 Å². The van der Waals surface area contributed by atoms with Crippen LogP contribution in [-0.4, -0.2) is 72.5 Å². The standard InChI is InChI=1S/C13H18N6O7/c1-13(23)8(21)5(3-20)25-12(13)19-11-6(7(17-19)9(14)22)10(15-4-16-11)18-26-24-2/h4-5,8,12,20-21,23H,3H2,1-2H3,(H2,14,22)(H,15,16,18)/t5-,8-,12-,13-/m1/s1. The van der Waals surface area contributed by atoms with E-state index in [0.29, 0.717) is 0 Å². The molecule has 4 atom stereocenters. The number of rotatable bonds is 6. The highest BCUT2D eigenvalue weighted by Crippen LogP contribution is 2.40. The minimum atomic E-state index is -1.83. The Morgan fingerprint density at radius 1 is 1.54 bits per heavy atom. The van der Waals surface area contributed by atoms with Gasteiger partial charge < -0.3 is 25.8 Å². The number of hydrogen-bond donors (Lipinski definition) is 5. The fourth-order valence-electron chi connectivity index (χ4n) is 2.82. The molecule has 0 saturated carbocycles. The second-order valence-corrected chi connectivity index (χ2v) is 5.81. The van der Waals surface area contributed by atoms with Crippen molar-refractivity contribution in [3.63, 3.8) is 0 Å². The molecule has 2 aromatic heterocycles. The van der Waals surface area contributed by atoms with Crippen molar-refractivity contribution in [3.8, 4) is 0 Å². The summed E-state index contributed by atoms with van der Waals surface area (Å²) in [6.45, 7) is 0.781. The van der Waals surface area contributed by atoms with Crippen LogP contribution >= 0.6 is 0 Å². The summed E-state index contributed by atoms with van der Waals surface area (Å²) < 4.78 is 6.60. The molecule has 0 aromatic carbocycles. The Hall–Kier alpha value is -2.42. The number of amides is 1. The topological polar surface area (TPSA) is 187 Å². The van der Waals surface area contributed by atoms with E-state index in [1.54, 1.807) is 0 Å². The number of primary amides is 1. The summed E-state index contributed by atoms with van der Waals surface area (Å²) >= 11 is 0. The van der Waals surface area contributed by atoms with Crippen LogP contribution in [0.4, 0.5) is 5.82 Å². The molecule has 1 amide bonds. The maximum atomic E-state index is 11.8. The van der Waals surface area contributed by atoms with Gasteiger partial charge in [0.1, 0.15) is 24.1 Å². The molecule has 6 N–H and O–H groups in total. The molecule has 26 heavy (non-hydrogen) atoms. The van der Waals surface area contributed by atoms with Gasteiger partial charge in [-0.1, -0.05) is 0 Å². The number of nitrogens with two attached hydrogens (primary N) is 1. The van der Waals surface area contributed by atoms with Crippen LogP contribution < -0.4 is 11.2 Å². The number of nitrogens with one attached hydrogen (secondary N) is 1. The van der Waals surface area contributed by atoms with E-state index >= 15 is 0 Å². The van der Waals surface area contributed by atoms with E-state index in [1.165, 1.54) is 14.0 Å². The van der Waals surface area contributed by atoms with E-state index in [0.717, 1.165) is 11.0 Å². The van der Waals surface area contributed by atoms with Crippen molar-refractivity contribution >= 4 is 22.8 Å².